The molecule has 1 atom stereocenters. The summed E-state index contributed by atoms with van der Waals surface area (Å²) in [6.07, 6.45) is 3.68. The van der Waals surface area contributed by atoms with Gasteiger partial charge in [0.1, 0.15) is 0 Å². The lowest BCUT2D eigenvalue weighted by Gasteiger charge is -2.28. The average molecular weight is 185 g/mol. The van der Waals surface area contributed by atoms with Crippen LogP contribution >= 0.6 is 0 Å². The summed E-state index contributed by atoms with van der Waals surface area (Å²) in [4.78, 5) is 0. The van der Waals surface area contributed by atoms with E-state index in [2.05, 4.69) is 41.5 Å². The van der Waals surface area contributed by atoms with Gasteiger partial charge in [-0.3, -0.25) is 0 Å². The van der Waals surface area contributed by atoms with Crippen LogP contribution in [-0.2, 0) is 0 Å². The van der Waals surface area contributed by atoms with Gasteiger partial charge in [0.05, 0.1) is 0 Å². The molecule has 0 bridgehead atoms. The third kappa shape index (κ3) is 7.06. The smallest absolute Gasteiger partial charge is 0.00876 e. The van der Waals surface area contributed by atoms with Crippen LogP contribution in [0.1, 0.15) is 60.8 Å². The maximum absolute atomic E-state index is 6.08. The zero-order valence-electron chi connectivity index (χ0n) is 10.3. The van der Waals surface area contributed by atoms with Gasteiger partial charge in [0, 0.05) is 6.04 Å². The fourth-order valence-corrected chi connectivity index (χ4v) is 1.29. The van der Waals surface area contributed by atoms with Gasteiger partial charge < -0.3 is 5.73 Å². The first-order valence-electron chi connectivity index (χ1n) is 5.38. The Labute approximate surface area is 84.1 Å². The van der Waals surface area contributed by atoms with Gasteiger partial charge in [-0.25, -0.2) is 0 Å². The van der Waals surface area contributed by atoms with Gasteiger partial charge in [0.15, 0.2) is 0 Å². The van der Waals surface area contributed by atoms with E-state index < -0.39 is 0 Å². The molecule has 0 aromatic carbocycles. The molecule has 0 aliphatic rings. The molecular weight excluding hydrogens is 158 g/mol. The lowest BCUT2D eigenvalue weighted by Crippen LogP contribution is -2.34. The molecule has 0 saturated heterocycles. The van der Waals surface area contributed by atoms with Crippen molar-refractivity contribution in [2.75, 3.05) is 0 Å². The molecule has 0 saturated carbocycles. The molecule has 0 amide bonds. The molecule has 0 radical (unpaired) electrons. The Hall–Kier alpha value is -0.0400. The van der Waals surface area contributed by atoms with Crippen LogP contribution in [0, 0.1) is 10.8 Å². The highest BCUT2D eigenvalue weighted by Crippen LogP contribution is 2.26. The summed E-state index contributed by atoms with van der Waals surface area (Å²) in [7, 11) is 0. The molecule has 0 aromatic heterocycles. The lowest BCUT2D eigenvalue weighted by molar-refractivity contribution is 0.278. The van der Waals surface area contributed by atoms with E-state index in [1.54, 1.807) is 0 Å². The van der Waals surface area contributed by atoms with E-state index in [1.807, 2.05) is 0 Å². The normalized spacial score (nSPS) is 15.9. The van der Waals surface area contributed by atoms with Gasteiger partial charge in [-0.15, -0.1) is 0 Å². The average Bonchev–Trinajstić information content (AvgIpc) is 1.82. The molecular formula is C12H27N. The van der Waals surface area contributed by atoms with Crippen LogP contribution in [0.5, 0.6) is 0 Å². The summed E-state index contributed by atoms with van der Waals surface area (Å²) < 4.78 is 0. The summed E-state index contributed by atoms with van der Waals surface area (Å²) in [5, 5.41) is 0. The third-order valence-corrected chi connectivity index (χ3v) is 2.55. The summed E-state index contributed by atoms with van der Waals surface area (Å²) >= 11 is 0. The number of hydrogen-bond donors (Lipinski definition) is 1. The highest BCUT2D eigenvalue weighted by molar-refractivity contribution is 4.77. The lowest BCUT2D eigenvalue weighted by atomic mass is 9.82. The van der Waals surface area contributed by atoms with Crippen LogP contribution in [0.2, 0.25) is 0 Å². The van der Waals surface area contributed by atoms with E-state index in [9.17, 15) is 0 Å². The van der Waals surface area contributed by atoms with E-state index in [0.717, 1.165) is 6.42 Å². The van der Waals surface area contributed by atoms with Gasteiger partial charge in [-0.1, -0.05) is 48.0 Å². The molecule has 0 fully saturated rings. The fourth-order valence-electron chi connectivity index (χ4n) is 1.29. The van der Waals surface area contributed by atoms with Crippen molar-refractivity contribution in [3.05, 3.63) is 0 Å². The van der Waals surface area contributed by atoms with Gasteiger partial charge in [0.25, 0.3) is 0 Å². The molecule has 80 valence electrons. The SMILES string of the molecule is CC(C)(C)CCC[C@@H](N)C(C)(C)C. The summed E-state index contributed by atoms with van der Waals surface area (Å²) in [6.45, 7) is 13.5. The van der Waals surface area contributed by atoms with Gasteiger partial charge in [-0.05, 0) is 23.7 Å². The quantitative estimate of drug-likeness (QED) is 0.714. The minimum absolute atomic E-state index is 0.262. The van der Waals surface area contributed by atoms with Gasteiger partial charge in [0.2, 0.25) is 0 Å². The predicted molar refractivity (Wildman–Crippen MR) is 60.7 cm³/mol. The second-order valence-corrected chi connectivity index (χ2v) is 6.43. The summed E-state index contributed by atoms with van der Waals surface area (Å²) in [6, 6.07) is 0.342. The van der Waals surface area contributed by atoms with E-state index in [-0.39, 0.29) is 5.41 Å². The Morgan fingerprint density at radius 1 is 1.00 bits per heavy atom. The van der Waals surface area contributed by atoms with Crippen LogP contribution in [-0.4, -0.2) is 6.04 Å². The van der Waals surface area contributed by atoms with Crippen molar-refractivity contribution >= 4 is 0 Å². The number of hydrogen-bond acceptors (Lipinski definition) is 1. The highest BCUT2D eigenvalue weighted by atomic mass is 14.7. The second-order valence-electron chi connectivity index (χ2n) is 6.43. The number of nitrogens with two attached hydrogens (primary N) is 1. The third-order valence-electron chi connectivity index (χ3n) is 2.55. The van der Waals surface area contributed by atoms with Crippen LogP contribution in [0.25, 0.3) is 0 Å². The Bertz CT molecular complexity index is 136. The van der Waals surface area contributed by atoms with E-state index in [4.69, 9.17) is 5.73 Å². The van der Waals surface area contributed by atoms with Crippen LogP contribution in [0.3, 0.4) is 0 Å². The molecule has 1 heteroatoms. The first-order chi connectivity index (χ1) is 5.63. The first-order valence-corrected chi connectivity index (χ1v) is 5.38. The van der Waals surface area contributed by atoms with Crippen molar-refractivity contribution in [3.63, 3.8) is 0 Å². The molecule has 0 aliphatic carbocycles. The minimum Gasteiger partial charge on any atom is -0.327 e. The highest BCUT2D eigenvalue weighted by Gasteiger charge is 2.20. The molecule has 0 aromatic rings. The van der Waals surface area contributed by atoms with Crippen molar-refractivity contribution in [3.8, 4) is 0 Å². The molecule has 2 N–H and O–H groups in total. The summed E-state index contributed by atoms with van der Waals surface area (Å²) in [5.74, 6) is 0. The van der Waals surface area contributed by atoms with Crippen molar-refractivity contribution in [2.24, 2.45) is 16.6 Å². The zero-order chi connectivity index (χ0) is 10.7. The topological polar surface area (TPSA) is 26.0 Å². The molecule has 0 heterocycles. The van der Waals surface area contributed by atoms with Gasteiger partial charge >= 0.3 is 0 Å². The van der Waals surface area contributed by atoms with Crippen LogP contribution in [0.4, 0.5) is 0 Å². The molecule has 1 nitrogen and oxygen atoms in total. The Balaban J connectivity index is 3.67. The van der Waals surface area contributed by atoms with Crippen molar-refractivity contribution in [2.45, 2.75) is 66.8 Å². The summed E-state index contributed by atoms with van der Waals surface area (Å²) in [5.41, 5.74) is 6.80. The fraction of sp³-hybridized carbons (Fsp3) is 1.00. The second kappa shape index (κ2) is 4.45. The Kier molecular flexibility index (Phi) is 4.44. The molecule has 0 aliphatic heterocycles. The van der Waals surface area contributed by atoms with Crippen molar-refractivity contribution < 1.29 is 0 Å². The van der Waals surface area contributed by atoms with Crippen molar-refractivity contribution in [1.29, 1.82) is 0 Å². The predicted octanol–water partition coefficient (Wildman–Crippen LogP) is 3.58. The maximum atomic E-state index is 6.08. The van der Waals surface area contributed by atoms with Crippen molar-refractivity contribution in [1.82, 2.24) is 0 Å². The first kappa shape index (κ1) is 13.0. The Morgan fingerprint density at radius 3 is 1.77 bits per heavy atom. The van der Waals surface area contributed by atoms with E-state index >= 15 is 0 Å². The van der Waals surface area contributed by atoms with E-state index in [1.165, 1.54) is 12.8 Å². The molecule has 0 spiro atoms. The van der Waals surface area contributed by atoms with E-state index in [0.29, 0.717) is 11.5 Å². The Morgan fingerprint density at radius 2 is 1.46 bits per heavy atom. The van der Waals surface area contributed by atoms with Crippen LogP contribution in [0.15, 0.2) is 0 Å². The molecule has 0 unspecified atom stereocenters. The zero-order valence-corrected chi connectivity index (χ0v) is 10.3. The minimum atomic E-state index is 0.262. The van der Waals surface area contributed by atoms with Gasteiger partial charge in [-0.2, -0.15) is 0 Å². The van der Waals surface area contributed by atoms with Crippen LogP contribution < -0.4 is 5.73 Å². The molecule has 0 rings (SSSR count). The standard InChI is InChI=1S/C12H27N/c1-11(2,3)9-7-8-10(13)12(4,5)6/h10H,7-9,13H2,1-6H3/t10-/m1/s1. The largest absolute Gasteiger partial charge is 0.327 e. The number of rotatable bonds is 3. The molecule has 13 heavy (non-hydrogen) atoms. The monoisotopic (exact) mass is 185 g/mol. The maximum Gasteiger partial charge on any atom is 0.00876 e.